The molecule has 0 N–H and O–H groups in total. The van der Waals surface area contributed by atoms with Crippen molar-refractivity contribution in [1.29, 1.82) is 0 Å². The predicted octanol–water partition coefficient (Wildman–Crippen LogP) is 5.70. The number of alkyl halides is 1. The maximum atomic E-state index is 3.83. The summed E-state index contributed by atoms with van der Waals surface area (Å²) in [4.78, 5) is 0.267. The summed E-state index contributed by atoms with van der Waals surface area (Å²) in [7, 11) is 0. The standard InChI is InChI=1S/C16H16BrI/c1-10-7-8-13(9-12(10)3)15(17)14-6-4-5-11(2)16(14)18/h4-9,15H,1-3H3. The van der Waals surface area contributed by atoms with Gasteiger partial charge in [-0.25, -0.2) is 0 Å². The van der Waals surface area contributed by atoms with E-state index in [2.05, 4.69) is 95.7 Å². The topological polar surface area (TPSA) is 0 Å². The lowest BCUT2D eigenvalue weighted by molar-refractivity contribution is 1.13. The maximum Gasteiger partial charge on any atom is 0.0655 e. The summed E-state index contributed by atoms with van der Waals surface area (Å²) in [5, 5.41) is 0. The van der Waals surface area contributed by atoms with Crippen molar-refractivity contribution in [1.82, 2.24) is 0 Å². The molecule has 2 aromatic rings. The number of aryl methyl sites for hydroxylation is 3. The second-order valence-corrected chi connectivity index (χ2v) is 6.68. The van der Waals surface area contributed by atoms with Gasteiger partial charge in [0, 0.05) is 3.57 Å². The van der Waals surface area contributed by atoms with Gasteiger partial charge >= 0.3 is 0 Å². The summed E-state index contributed by atoms with van der Waals surface area (Å²) < 4.78 is 1.34. The van der Waals surface area contributed by atoms with Crippen LogP contribution in [0.5, 0.6) is 0 Å². The highest BCUT2D eigenvalue weighted by atomic mass is 127. The number of hydrogen-bond donors (Lipinski definition) is 0. The Morgan fingerprint density at radius 2 is 1.67 bits per heavy atom. The molecule has 18 heavy (non-hydrogen) atoms. The average Bonchev–Trinajstić information content (AvgIpc) is 2.35. The summed E-state index contributed by atoms with van der Waals surface area (Å²) >= 11 is 6.27. The van der Waals surface area contributed by atoms with Crippen LogP contribution in [0.2, 0.25) is 0 Å². The van der Waals surface area contributed by atoms with Crippen LogP contribution in [0.25, 0.3) is 0 Å². The van der Waals surface area contributed by atoms with Crippen molar-refractivity contribution in [3.05, 3.63) is 67.8 Å². The molecule has 0 heterocycles. The Balaban J connectivity index is 2.44. The first kappa shape index (κ1) is 14.1. The lowest BCUT2D eigenvalue weighted by Crippen LogP contribution is -1.98. The van der Waals surface area contributed by atoms with Gasteiger partial charge in [-0.2, -0.15) is 0 Å². The molecule has 2 rings (SSSR count). The smallest absolute Gasteiger partial charge is 0.0655 e. The van der Waals surface area contributed by atoms with Gasteiger partial charge in [-0.15, -0.1) is 0 Å². The van der Waals surface area contributed by atoms with Crippen LogP contribution in [0.1, 0.15) is 32.6 Å². The molecule has 0 aliphatic carbocycles. The Morgan fingerprint density at radius 3 is 2.33 bits per heavy atom. The molecular weight excluding hydrogens is 399 g/mol. The molecule has 0 aliphatic rings. The fourth-order valence-corrected chi connectivity index (χ4v) is 3.73. The van der Waals surface area contributed by atoms with E-state index in [-0.39, 0.29) is 4.83 Å². The van der Waals surface area contributed by atoms with Gasteiger partial charge in [-0.1, -0.05) is 52.3 Å². The van der Waals surface area contributed by atoms with Crippen molar-refractivity contribution in [2.45, 2.75) is 25.6 Å². The molecule has 2 aromatic carbocycles. The molecule has 0 bridgehead atoms. The van der Waals surface area contributed by atoms with Crippen molar-refractivity contribution < 1.29 is 0 Å². The third-order valence-electron chi connectivity index (χ3n) is 3.32. The quantitative estimate of drug-likeness (QED) is 0.436. The minimum Gasteiger partial charge on any atom is -0.0786 e. The van der Waals surface area contributed by atoms with Crippen molar-refractivity contribution in [2.75, 3.05) is 0 Å². The van der Waals surface area contributed by atoms with Gasteiger partial charge in [0.15, 0.2) is 0 Å². The van der Waals surface area contributed by atoms with E-state index in [4.69, 9.17) is 0 Å². The molecule has 2 heteroatoms. The molecular formula is C16H16BrI. The van der Waals surface area contributed by atoms with Crippen LogP contribution < -0.4 is 0 Å². The molecule has 0 radical (unpaired) electrons. The van der Waals surface area contributed by atoms with E-state index in [1.807, 2.05) is 0 Å². The predicted molar refractivity (Wildman–Crippen MR) is 90.6 cm³/mol. The third kappa shape index (κ3) is 2.80. The Morgan fingerprint density at radius 1 is 0.944 bits per heavy atom. The largest absolute Gasteiger partial charge is 0.0786 e. The van der Waals surface area contributed by atoms with E-state index in [0.717, 1.165) is 0 Å². The van der Waals surface area contributed by atoms with Crippen LogP contribution in [0.4, 0.5) is 0 Å². The molecule has 0 aliphatic heterocycles. The molecule has 0 spiro atoms. The SMILES string of the molecule is Cc1ccc(C(Br)c2cccc(C)c2I)cc1C. The van der Waals surface area contributed by atoms with Gasteiger partial charge < -0.3 is 0 Å². The minimum atomic E-state index is 0.267. The van der Waals surface area contributed by atoms with Crippen LogP contribution in [0.15, 0.2) is 36.4 Å². The van der Waals surface area contributed by atoms with Gasteiger partial charge in [0.1, 0.15) is 0 Å². The second-order valence-electron chi connectivity index (χ2n) is 4.68. The van der Waals surface area contributed by atoms with Crippen LogP contribution in [0.3, 0.4) is 0 Å². The number of hydrogen-bond acceptors (Lipinski definition) is 0. The van der Waals surface area contributed by atoms with Gasteiger partial charge in [-0.3, -0.25) is 0 Å². The fraction of sp³-hybridized carbons (Fsp3) is 0.250. The molecule has 0 saturated heterocycles. The highest BCUT2D eigenvalue weighted by molar-refractivity contribution is 14.1. The first-order chi connectivity index (χ1) is 8.50. The summed E-state index contributed by atoms with van der Waals surface area (Å²) in [6, 6.07) is 13.2. The number of rotatable bonds is 2. The Hall–Kier alpha value is -0.350. The zero-order chi connectivity index (χ0) is 13.3. The lowest BCUT2D eigenvalue weighted by atomic mass is 9.99. The molecule has 0 saturated carbocycles. The van der Waals surface area contributed by atoms with Gasteiger partial charge in [0.2, 0.25) is 0 Å². The number of halogens is 2. The molecule has 1 unspecified atom stereocenters. The second kappa shape index (κ2) is 5.74. The van der Waals surface area contributed by atoms with Gasteiger partial charge in [0.05, 0.1) is 4.83 Å². The summed E-state index contributed by atoms with van der Waals surface area (Å²) in [6.45, 7) is 6.48. The normalized spacial score (nSPS) is 12.5. The van der Waals surface area contributed by atoms with Crippen molar-refractivity contribution in [3.63, 3.8) is 0 Å². The molecule has 0 fully saturated rings. The van der Waals surface area contributed by atoms with E-state index < -0.39 is 0 Å². The van der Waals surface area contributed by atoms with Crippen molar-refractivity contribution >= 4 is 38.5 Å². The molecule has 0 nitrogen and oxygen atoms in total. The zero-order valence-corrected chi connectivity index (χ0v) is 14.5. The summed E-state index contributed by atoms with van der Waals surface area (Å²) in [6.07, 6.45) is 0. The van der Waals surface area contributed by atoms with E-state index in [1.54, 1.807) is 0 Å². The van der Waals surface area contributed by atoms with Crippen LogP contribution in [0, 0.1) is 24.3 Å². The monoisotopic (exact) mass is 414 g/mol. The summed E-state index contributed by atoms with van der Waals surface area (Å²) in [5.74, 6) is 0. The summed E-state index contributed by atoms with van der Waals surface area (Å²) in [5.41, 5.74) is 6.69. The number of benzene rings is 2. The van der Waals surface area contributed by atoms with E-state index >= 15 is 0 Å². The van der Waals surface area contributed by atoms with Gasteiger partial charge in [-0.05, 0) is 71.2 Å². The Kier molecular flexibility index (Phi) is 4.49. The van der Waals surface area contributed by atoms with E-state index in [0.29, 0.717) is 0 Å². The molecule has 1 atom stereocenters. The van der Waals surface area contributed by atoms with Crippen LogP contribution in [-0.4, -0.2) is 0 Å². The maximum absolute atomic E-state index is 3.83. The van der Waals surface area contributed by atoms with Crippen LogP contribution in [-0.2, 0) is 0 Å². The highest BCUT2D eigenvalue weighted by Crippen LogP contribution is 2.35. The molecule has 0 amide bonds. The molecule has 0 aromatic heterocycles. The highest BCUT2D eigenvalue weighted by Gasteiger charge is 2.14. The average molecular weight is 415 g/mol. The third-order valence-corrected chi connectivity index (χ3v) is 5.81. The minimum absolute atomic E-state index is 0.267. The first-order valence-electron chi connectivity index (χ1n) is 5.97. The van der Waals surface area contributed by atoms with Gasteiger partial charge in [0.25, 0.3) is 0 Å². The van der Waals surface area contributed by atoms with Crippen molar-refractivity contribution in [3.8, 4) is 0 Å². The van der Waals surface area contributed by atoms with E-state index in [9.17, 15) is 0 Å². The Labute approximate surface area is 131 Å². The first-order valence-corrected chi connectivity index (χ1v) is 7.96. The fourth-order valence-electron chi connectivity index (χ4n) is 1.97. The van der Waals surface area contributed by atoms with E-state index in [1.165, 1.54) is 31.4 Å². The lowest BCUT2D eigenvalue weighted by Gasteiger charge is -2.15. The Bertz CT molecular complexity index is 575. The zero-order valence-electron chi connectivity index (χ0n) is 10.8. The molecule has 94 valence electrons. The van der Waals surface area contributed by atoms with Crippen molar-refractivity contribution in [2.24, 2.45) is 0 Å². The van der Waals surface area contributed by atoms with Crippen LogP contribution >= 0.6 is 38.5 Å².